The van der Waals surface area contributed by atoms with E-state index in [2.05, 4.69) is 15.3 Å². The minimum atomic E-state index is -2.91. The molecule has 1 rings (SSSR count). The van der Waals surface area contributed by atoms with Gasteiger partial charge >= 0.3 is 0 Å². The number of hydrogen-bond acceptors (Lipinski definition) is 4. The molecule has 4 nitrogen and oxygen atoms in total. The summed E-state index contributed by atoms with van der Waals surface area (Å²) in [6, 6.07) is 0. The Morgan fingerprint density at radius 2 is 2.23 bits per heavy atom. The Morgan fingerprint density at radius 3 is 2.77 bits per heavy atom. The van der Waals surface area contributed by atoms with Crippen LogP contribution in [-0.2, 0) is 0 Å². The van der Waals surface area contributed by atoms with E-state index in [0.717, 1.165) is 0 Å². The van der Waals surface area contributed by atoms with Crippen molar-refractivity contribution in [2.75, 3.05) is 18.4 Å². The Hall–Kier alpha value is -1.30. The summed E-state index contributed by atoms with van der Waals surface area (Å²) in [5, 5.41) is 2.43. The lowest BCUT2D eigenvalue weighted by molar-refractivity contribution is 0.0253. The number of alkyl halides is 2. The third-order valence-corrected chi connectivity index (χ3v) is 1.39. The summed E-state index contributed by atoms with van der Waals surface area (Å²) < 4.78 is 25.2. The van der Waals surface area contributed by atoms with Gasteiger partial charge in [0.1, 0.15) is 5.82 Å². The van der Waals surface area contributed by atoms with Gasteiger partial charge in [0.05, 0.1) is 19.3 Å². The van der Waals surface area contributed by atoms with Crippen LogP contribution in [0.25, 0.3) is 0 Å². The number of nitrogens with two attached hydrogens (primary N) is 1. The van der Waals surface area contributed by atoms with E-state index in [9.17, 15) is 8.78 Å². The molecule has 0 aromatic carbocycles. The van der Waals surface area contributed by atoms with Gasteiger partial charge in [-0.1, -0.05) is 0 Å². The van der Waals surface area contributed by atoms with E-state index in [1.165, 1.54) is 18.6 Å². The molecule has 0 aliphatic heterocycles. The zero-order valence-electron chi connectivity index (χ0n) is 6.87. The maximum absolute atomic E-state index is 12.6. The summed E-state index contributed by atoms with van der Waals surface area (Å²) in [6.45, 7) is -1.21. The number of anilines is 1. The molecular formula is C7H10F2N4. The minimum Gasteiger partial charge on any atom is -0.363 e. The van der Waals surface area contributed by atoms with Gasteiger partial charge in [-0.05, 0) is 0 Å². The fourth-order valence-corrected chi connectivity index (χ4v) is 0.682. The zero-order chi connectivity index (χ0) is 9.73. The molecule has 0 saturated carbocycles. The Morgan fingerprint density at radius 1 is 1.46 bits per heavy atom. The number of rotatable bonds is 4. The van der Waals surface area contributed by atoms with Crippen LogP contribution in [0.1, 0.15) is 0 Å². The van der Waals surface area contributed by atoms with Crippen LogP contribution in [-0.4, -0.2) is 29.0 Å². The molecule has 0 unspecified atom stereocenters. The number of hydrogen-bond donors (Lipinski definition) is 2. The highest BCUT2D eigenvalue weighted by molar-refractivity contribution is 5.30. The second kappa shape index (κ2) is 4.08. The normalized spacial score (nSPS) is 11.3. The first-order valence-corrected chi connectivity index (χ1v) is 3.72. The molecule has 0 bridgehead atoms. The van der Waals surface area contributed by atoms with Gasteiger partial charge < -0.3 is 11.1 Å². The average molecular weight is 188 g/mol. The van der Waals surface area contributed by atoms with Crippen LogP contribution in [0.2, 0.25) is 0 Å². The summed E-state index contributed by atoms with van der Waals surface area (Å²) >= 11 is 0. The van der Waals surface area contributed by atoms with Crippen molar-refractivity contribution in [3.8, 4) is 0 Å². The van der Waals surface area contributed by atoms with Crippen LogP contribution in [0.3, 0.4) is 0 Å². The molecule has 0 fully saturated rings. The second-order valence-electron chi connectivity index (χ2n) is 2.50. The summed E-state index contributed by atoms with van der Waals surface area (Å²) in [7, 11) is 0. The first-order chi connectivity index (χ1) is 6.14. The van der Waals surface area contributed by atoms with Crippen molar-refractivity contribution < 1.29 is 8.78 Å². The molecule has 72 valence electrons. The predicted molar refractivity (Wildman–Crippen MR) is 44.5 cm³/mol. The van der Waals surface area contributed by atoms with Gasteiger partial charge in [0.15, 0.2) is 0 Å². The molecule has 1 heterocycles. The molecule has 6 heteroatoms. The van der Waals surface area contributed by atoms with E-state index in [-0.39, 0.29) is 0 Å². The van der Waals surface area contributed by atoms with Crippen molar-refractivity contribution in [3.05, 3.63) is 18.6 Å². The van der Waals surface area contributed by atoms with Crippen LogP contribution in [0.4, 0.5) is 14.6 Å². The Balaban J connectivity index is 2.44. The van der Waals surface area contributed by atoms with Gasteiger partial charge in [-0.3, -0.25) is 4.98 Å². The van der Waals surface area contributed by atoms with Crippen LogP contribution < -0.4 is 11.1 Å². The third kappa shape index (κ3) is 3.29. The molecule has 0 saturated heterocycles. The SMILES string of the molecule is NCC(F)(F)CNc1cnccn1. The van der Waals surface area contributed by atoms with E-state index in [4.69, 9.17) is 5.73 Å². The van der Waals surface area contributed by atoms with E-state index in [0.29, 0.717) is 5.82 Å². The van der Waals surface area contributed by atoms with Crippen molar-refractivity contribution in [2.24, 2.45) is 5.73 Å². The smallest absolute Gasteiger partial charge is 0.276 e. The molecule has 1 aromatic heterocycles. The lowest BCUT2D eigenvalue weighted by Gasteiger charge is -2.14. The maximum atomic E-state index is 12.6. The molecule has 1 aromatic rings. The minimum absolute atomic E-state index is 0.315. The molecule has 0 atom stereocenters. The van der Waals surface area contributed by atoms with Crippen molar-refractivity contribution in [2.45, 2.75) is 5.92 Å². The Labute approximate surface area is 74.2 Å². The lowest BCUT2D eigenvalue weighted by Crippen LogP contribution is -2.35. The fraction of sp³-hybridized carbons (Fsp3) is 0.429. The Kier molecular flexibility index (Phi) is 3.07. The van der Waals surface area contributed by atoms with Crippen LogP contribution >= 0.6 is 0 Å². The van der Waals surface area contributed by atoms with Crippen LogP contribution in [0, 0.1) is 0 Å². The quantitative estimate of drug-likeness (QED) is 0.721. The van der Waals surface area contributed by atoms with E-state index in [1.807, 2.05) is 0 Å². The van der Waals surface area contributed by atoms with Gasteiger partial charge in [-0.25, -0.2) is 13.8 Å². The van der Waals surface area contributed by atoms with Gasteiger partial charge in [0, 0.05) is 12.4 Å². The Bertz CT molecular complexity index is 252. The van der Waals surface area contributed by atoms with E-state index in [1.54, 1.807) is 0 Å². The highest BCUT2D eigenvalue weighted by atomic mass is 19.3. The average Bonchev–Trinajstić information content (AvgIpc) is 2.17. The standard InChI is InChI=1S/C7H10F2N4/c8-7(9,4-10)5-13-6-3-11-1-2-12-6/h1-3H,4-5,10H2,(H,12,13). The highest BCUT2D eigenvalue weighted by Gasteiger charge is 2.26. The summed E-state index contributed by atoms with van der Waals surface area (Å²) in [5.74, 6) is -2.59. The van der Waals surface area contributed by atoms with Gasteiger partial charge in [-0.2, -0.15) is 0 Å². The maximum Gasteiger partial charge on any atom is 0.276 e. The number of nitrogens with zero attached hydrogens (tertiary/aromatic N) is 2. The van der Waals surface area contributed by atoms with Crippen molar-refractivity contribution in [3.63, 3.8) is 0 Å². The van der Waals surface area contributed by atoms with Crippen molar-refractivity contribution in [1.29, 1.82) is 0 Å². The van der Waals surface area contributed by atoms with E-state index >= 15 is 0 Å². The number of halogens is 2. The first-order valence-electron chi connectivity index (χ1n) is 3.72. The van der Waals surface area contributed by atoms with Crippen molar-refractivity contribution in [1.82, 2.24) is 9.97 Å². The predicted octanol–water partition coefficient (Wildman–Crippen LogP) is 0.482. The van der Waals surface area contributed by atoms with E-state index < -0.39 is 19.0 Å². The molecule has 0 amide bonds. The summed E-state index contributed by atoms with van der Waals surface area (Å²) in [4.78, 5) is 7.48. The summed E-state index contributed by atoms with van der Waals surface area (Å²) in [5.41, 5.74) is 4.84. The molecule has 0 radical (unpaired) electrons. The fourth-order valence-electron chi connectivity index (χ4n) is 0.682. The lowest BCUT2D eigenvalue weighted by atomic mass is 10.3. The van der Waals surface area contributed by atoms with Crippen molar-refractivity contribution >= 4 is 5.82 Å². The number of nitrogens with one attached hydrogen (secondary N) is 1. The van der Waals surface area contributed by atoms with Gasteiger partial charge in [0.2, 0.25) is 0 Å². The van der Waals surface area contributed by atoms with Gasteiger partial charge in [0.25, 0.3) is 5.92 Å². The molecular weight excluding hydrogens is 178 g/mol. The second-order valence-corrected chi connectivity index (χ2v) is 2.50. The topological polar surface area (TPSA) is 63.8 Å². The van der Waals surface area contributed by atoms with Crippen LogP contribution in [0.15, 0.2) is 18.6 Å². The molecule has 0 aliphatic rings. The zero-order valence-corrected chi connectivity index (χ0v) is 6.87. The third-order valence-electron chi connectivity index (χ3n) is 1.39. The molecule has 3 N–H and O–H groups in total. The monoisotopic (exact) mass is 188 g/mol. The summed E-state index contributed by atoms with van der Waals surface area (Å²) in [6.07, 6.45) is 4.25. The highest BCUT2D eigenvalue weighted by Crippen LogP contribution is 2.11. The van der Waals surface area contributed by atoms with Crippen LogP contribution in [0.5, 0.6) is 0 Å². The molecule has 0 aliphatic carbocycles. The molecule has 13 heavy (non-hydrogen) atoms. The number of aromatic nitrogens is 2. The largest absolute Gasteiger partial charge is 0.363 e. The molecule has 0 spiro atoms. The van der Waals surface area contributed by atoms with Gasteiger partial charge in [-0.15, -0.1) is 0 Å². The first kappa shape index (κ1) is 9.79.